The molecule has 0 atom stereocenters. The normalized spacial score (nSPS) is 14.4. The summed E-state index contributed by atoms with van der Waals surface area (Å²) in [4.78, 5) is 29.2. The van der Waals surface area contributed by atoms with E-state index < -0.39 is 39.1 Å². The molecular formula is C28H33F2N5O5S2. The van der Waals surface area contributed by atoms with Crippen molar-refractivity contribution in [2.75, 3.05) is 18.1 Å². The van der Waals surface area contributed by atoms with Gasteiger partial charge in [-0.3, -0.25) is 9.59 Å². The summed E-state index contributed by atoms with van der Waals surface area (Å²) >= 11 is 0.871. The van der Waals surface area contributed by atoms with Gasteiger partial charge in [-0.1, -0.05) is 18.9 Å². The van der Waals surface area contributed by atoms with Crippen LogP contribution in [0.3, 0.4) is 0 Å². The standard InChI is InChI=1S/C28H33F2N5O5S2/c1-28(2,38)16-11-20(29)25(21(30)12-16)22-13-19(26(31)37)27(41-22)34-23-10-6-9-18(32-23)14-35(42(3,39)40)15-24(36)33-17-7-4-5-8-17/h6,9-13,17,38H,4-5,7-8,14-15H2,1-3H3,(H2,31,37)(H,32,34)(H,33,36). The molecule has 0 spiro atoms. The zero-order chi connectivity index (χ0) is 30.8. The molecule has 1 aliphatic rings. The maximum absolute atomic E-state index is 15.0. The van der Waals surface area contributed by atoms with Crippen LogP contribution in [0.15, 0.2) is 36.4 Å². The van der Waals surface area contributed by atoms with Crippen LogP contribution in [0.2, 0.25) is 0 Å². The van der Waals surface area contributed by atoms with Gasteiger partial charge in [0.15, 0.2) is 0 Å². The van der Waals surface area contributed by atoms with Crippen molar-refractivity contribution < 1.29 is 31.9 Å². The number of pyridine rings is 1. The van der Waals surface area contributed by atoms with E-state index in [0.717, 1.165) is 59.7 Å². The minimum absolute atomic E-state index is 0.0334. The summed E-state index contributed by atoms with van der Waals surface area (Å²) < 4.78 is 55.9. The van der Waals surface area contributed by atoms with Crippen molar-refractivity contribution in [2.45, 2.75) is 57.7 Å². The van der Waals surface area contributed by atoms with E-state index in [2.05, 4.69) is 15.6 Å². The molecule has 2 amide bonds. The predicted octanol–water partition coefficient (Wildman–Crippen LogP) is 3.98. The number of carbonyl (C=O) groups excluding carboxylic acids is 2. The Kier molecular flexibility index (Phi) is 9.30. The molecule has 2 heterocycles. The van der Waals surface area contributed by atoms with Gasteiger partial charge in [0.25, 0.3) is 5.91 Å². The molecular weight excluding hydrogens is 588 g/mol. The lowest BCUT2D eigenvalue weighted by Gasteiger charge is -2.21. The van der Waals surface area contributed by atoms with Gasteiger partial charge in [0.2, 0.25) is 15.9 Å². The number of benzene rings is 1. The van der Waals surface area contributed by atoms with Gasteiger partial charge in [-0.05, 0) is 62.6 Å². The second-order valence-corrected chi connectivity index (χ2v) is 13.8. The van der Waals surface area contributed by atoms with E-state index in [4.69, 9.17) is 5.73 Å². The lowest BCUT2D eigenvalue weighted by Crippen LogP contribution is -2.43. The third-order valence-corrected chi connectivity index (χ3v) is 9.15. The van der Waals surface area contributed by atoms with Crippen LogP contribution in [0.4, 0.5) is 19.6 Å². The first kappa shape index (κ1) is 31.5. The summed E-state index contributed by atoms with van der Waals surface area (Å²) in [6, 6.07) is 8.12. The van der Waals surface area contributed by atoms with Gasteiger partial charge in [0.1, 0.15) is 22.5 Å². The van der Waals surface area contributed by atoms with E-state index >= 15 is 0 Å². The van der Waals surface area contributed by atoms with Crippen LogP contribution in [0.1, 0.15) is 61.1 Å². The summed E-state index contributed by atoms with van der Waals surface area (Å²) in [7, 11) is -3.76. The monoisotopic (exact) mass is 621 g/mol. The Balaban J connectivity index is 1.57. The third-order valence-electron chi connectivity index (χ3n) is 6.89. The average molecular weight is 622 g/mol. The van der Waals surface area contributed by atoms with Crippen LogP contribution in [-0.2, 0) is 27.0 Å². The van der Waals surface area contributed by atoms with Gasteiger partial charge < -0.3 is 21.5 Å². The topological polar surface area (TPSA) is 155 Å². The predicted molar refractivity (Wildman–Crippen MR) is 157 cm³/mol. The fourth-order valence-electron chi connectivity index (χ4n) is 4.68. The molecule has 226 valence electrons. The lowest BCUT2D eigenvalue weighted by atomic mass is 9.96. The minimum Gasteiger partial charge on any atom is -0.386 e. The number of sulfonamides is 1. The van der Waals surface area contributed by atoms with E-state index in [-0.39, 0.29) is 51.5 Å². The number of nitrogens with zero attached hydrogens (tertiary/aromatic N) is 2. The summed E-state index contributed by atoms with van der Waals surface area (Å²) in [5, 5.41) is 16.1. The van der Waals surface area contributed by atoms with Crippen molar-refractivity contribution in [2.24, 2.45) is 5.73 Å². The van der Waals surface area contributed by atoms with Gasteiger partial charge >= 0.3 is 0 Å². The van der Waals surface area contributed by atoms with Gasteiger partial charge in [-0.2, -0.15) is 4.31 Å². The average Bonchev–Trinajstić information content (AvgIpc) is 3.52. The molecule has 3 aromatic rings. The minimum atomic E-state index is -3.76. The Morgan fingerprint density at radius 2 is 1.81 bits per heavy atom. The van der Waals surface area contributed by atoms with Crippen molar-refractivity contribution in [1.82, 2.24) is 14.6 Å². The van der Waals surface area contributed by atoms with Crippen molar-refractivity contribution in [3.8, 4) is 10.4 Å². The van der Waals surface area contributed by atoms with Crippen molar-refractivity contribution >= 4 is 44.0 Å². The second-order valence-electron chi connectivity index (χ2n) is 10.8. The molecule has 0 unspecified atom stereocenters. The van der Waals surface area contributed by atoms with E-state index in [9.17, 15) is 31.9 Å². The van der Waals surface area contributed by atoms with E-state index in [1.165, 1.54) is 19.9 Å². The largest absolute Gasteiger partial charge is 0.386 e. The Hall–Kier alpha value is -3.46. The Morgan fingerprint density at radius 1 is 1.17 bits per heavy atom. The molecule has 1 fully saturated rings. The van der Waals surface area contributed by atoms with Gasteiger partial charge in [0.05, 0.1) is 41.8 Å². The maximum Gasteiger partial charge on any atom is 0.251 e. The molecule has 1 saturated carbocycles. The molecule has 1 aromatic carbocycles. The first-order chi connectivity index (χ1) is 19.6. The summed E-state index contributed by atoms with van der Waals surface area (Å²) in [6.45, 7) is 2.26. The van der Waals surface area contributed by atoms with Gasteiger partial charge in [0, 0.05) is 10.9 Å². The molecule has 14 heteroatoms. The fraction of sp³-hybridized carbons (Fsp3) is 0.393. The quantitative estimate of drug-likeness (QED) is 0.253. The Bertz CT molecular complexity index is 1580. The number of nitrogens with one attached hydrogen (secondary N) is 2. The zero-order valence-corrected chi connectivity index (χ0v) is 25.0. The highest BCUT2D eigenvalue weighted by atomic mass is 32.2. The van der Waals surface area contributed by atoms with Gasteiger partial charge in [-0.15, -0.1) is 11.3 Å². The number of carbonyl (C=O) groups is 2. The van der Waals surface area contributed by atoms with Crippen LogP contribution >= 0.6 is 11.3 Å². The Morgan fingerprint density at radius 3 is 2.38 bits per heavy atom. The molecule has 10 nitrogen and oxygen atoms in total. The van der Waals surface area contributed by atoms with E-state index in [1.54, 1.807) is 18.2 Å². The van der Waals surface area contributed by atoms with Crippen LogP contribution in [-0.4, -0.2) is 53.5 Å². The highest BCUT2D eigenvalue weighted by Crippen LogP contribution is 2.40. The highest BCUT2D eigenvalue weighted by molar-refractivity contribution is 7.88. The highest BCUT2D eigenvalue weighted by Gasteiger charge is 2.26. The fourth-order valence-corrected chi connectivity index (χ4v) is 6.52. The molecule has 0 bridgehead atoms. The number of primary amides is 1. The van der Waals surface area contributed by atoms with Crippen molar-refractivity contribution in [3.63, 3.8) is 0 Å². The van der Waals surface area contributed by atoms with Crippen molar-refractivity contribution in [1.29, 1.82) is 0 Å². The number of hydrogen-bond donors (Lipinski definition) is 4. The second kappa shape index (κ2) is 12.4. The summed E-state index contributed by atoms with van der Waals surface area (Å²) in [6.07, 6.45) is 4.78. The first-order valence-corrected chi connectivity index (χ1v) is 15.9. The molecule has 0 radical (unpaired) electrons. The number of thiophene rings is 1. The number of nitrogens with two attached hydrogens (primary N) is 1. The van der Waals surface area contributed by atoms with Crippen LogP contribution < -0.4 is 16.4 Å². The number of rotatable bonds is 11. The number of hydrogen-bond acceptors (Lipinski definition) is 8. The van der Waals surface area contributed by atoms with Crippen LogP contribution in [0.25, 0.3) is 10.4 Å². The molecule has 1 aliphatic carbocycles. The number of amides is 2. The SMILES string of the molecule is CC(C)(O)c1cc(F)c(-c2cc(C(N)=O)c(Nc3cccc(CN(CC(=O)NC4CCCC4)S(C)(=O)=O)n3)s2)c(F)c1. The third kappa shape index (κ3) is 7.68. The van der Waals surface area contributed by atoms with Crippen LogP contribution in [0, 0.1) is 11.6 Å². The molecule has 42 heavy (non-hydrogen) atoms. The molecule has 0 aliphatic heterocycles. The molecule has 4 rings (SSSR count). The number of anilines is 2. The smallest absolute Gasteiger partial charge is 0.251 e. The molecule has 2 aromatic heterocycles. The lowest BCUT2D eigenvalue weighted by molar-refractivity contribution is -0.122. The molecule has 0 saturated heterocycles. The molecule has 5 N–H and O–H groups in total. The number of aliphatic hydroxyl groups is 1. The number of halogens is 2. The van der Waals surface area contributed by atoms with Crippen LogP contribution in [0.5, 0.6) is 0 Å². The first-order valence-electron chi connectivity index (χ1n) is 13.2. The van der Waals surface area contributed by atoms with Crippen molar-refractivity contribution in [3.05, 3.63) is 64.9 Å². The summed E-state index contributed by atoms with van der Waals surface area (Å²) in [5.41, 5.74) is 4.02. The van der Waals surface area contributed by atoms with E-state index in [0.29, 0.717) is 5.69 Å². The Labute approximate surface area is 247 Å². The van der Waals surface area contributed by atoms with Gasteiger partial charge in [-0.25, -0.2) is 22.2 Å². The zero-order valence-electron chi connectivity index (χ0n) is 23.4. The van der Waals surface area contributed by atoms with E-state index in [1.807, 2.05) is 0 Å². The maximum atomic E-state index is 15.0. The summed E-state index contributed by atoms with van der Waals surface area (Å²) in [5.74, 6) is -2.87. The number of aromatic nitrogens is 1.